The standard InChI is InChI=1S/C22H15Br3N2O/c23-17-7-1-14(2-8-17)20-13-21(15-3-9-18(24)10-4-15)27(26-20)22(28)16-5-11-19(25)12-6-16/h1-12,21H,13H2/t21-/m1/s1. The van der Waals surface area contributed by atoms with Gasteiger partial charge in [0, 0.05) is 25.4 Å². The van der Waals surface area contributed by atoms with Gasteiger partial charge in [-0.1, -0.05) is 72.1 Å². The minimum atomic E-state index is -0.136. The van der Waals surface area contributed by atoms with E-state index in [1.54, 1.807) is 5.01 Å². The maximum absolute atomic E-state index is 13.2. The summed E-state index contributed by atoms with van der Waals surface area (Å²) < 4.78 is 2.96. The highest BCUT2D eigenvalue weighted by Gasteiger charge is 2.33. The fourth-order valence-electron chi connectivity index (χ4n) is 3.18. The molecular weight excluding hydrogens is 548 g/mol. The number of benzene rings is 3. The van der Waals surface area contributed by atoms with Crippen LogP contribution in [0.25, 0.3) is 0 Å². The highest BCUT2D eigenvalue weighted by molar-refractivity contribution is 9.11. The first-order valence-electron chi connectivity index (χ1n) is 8.69. The summed E-state index contributed by atoms with van der Waals surface area (Å²) in [5.74, 6) is -0.104. The van der Waals surface area contributed by atoms with Gasteiger partial charge in [0.15, 0.2) is 0 Å². The van der Waals surface area contributed by atoms with Crippen LogP contribution in [-0.2, 0) is 0 Å². The van der Waals surface area contributed by atoms with Crippen molar-refractivity contribution in [3.63, 3.8) is 0 Å². The molecule has 28 heavy (non-hydrogen) atoms. The summed E-state index contributed by atoms with van der Waals surface area (Å²) in [6.07, 6.45) is 0.672. The molecule has 0 N–H and O–H groups in total. The zero-order valence-corrected chi connectivity index (χ0v) is 19.4. The number of hydrogen-bond donors (Lipinski definition) is 0. The van der Waals surface area contributed by atoms with E-state index in [0.717, 1.165) is 30.3 Å². The van der Waals surface area contributed by atoms with E-state index in [0.29, 0.717) is 12.0 Å². The number of carbonyl (C=O) groups excluding carboxylic acids is 1. The predicted octanol–water partition coefficient (Wildman–Crippen LogP) is 6.97. The smallest absolute Gasteiger partial charge is 0.267 e. The van der Waals surface area contributed by atoms with Crippen LogP contribution in [0.2, 0.25) is 0 Å². The SMILES string of the molecule is O=C(c1ccc(Br)cc1)N1N=C(c2ccc(Br)cc2)C[C@@H]1c1ccc(Br)cc1. The van der Waals surface area contributed by atoms with Crippen molar-refractivity contribution >= 4 is 59.4 Å². The first-order valence-corrected chi connectivity index (χ1v) is 11.1. The number of hydrazone groups is 1. The Kier molecular flexibility index (Phi) is 5.80. The average Bonchev–Trinajstić information content (AvgIpc) is 3.14. The minimum Gasteiger partial charge on any atom is -0.267 e. The molecule has 0 spiro atoms. The van der Waals surface area contributed by atoms with Crippen LogP contribution in [0, 0.1) is 0 Å². The molecular formula is C22H15Br3N2O. The summed E-state index contributed by atoms with van der Waals surface area (Å²) in [5, 5.41) is 6.34. The lowest BCUT2D eigenvalue weighted by Crippen LogP contribution is -2.27. The molecule has 0 unspecified atom stereocenters. The van der Waals surface area contributed by atoms with Crippen molar-refractivity contribution in [1.29, 1.82) is 0 Å². The van der Waals surface area contributed by atoms with Crippen LogP contribution in [-0.4, -0.2) is 16.6 Å². The molecule has 1 atom stereocenters. The largest absolute Gasteiger partial charge is 0.274 e. The lowest BCUT2D eigenvalue weighted by Gasteiger charge is -2.22. The van der Waals surface area contributed by atoms with Crippen molar-refractivity contribution in [3.05, 3.63) is 103 Å². The van der Waals surface area contributed by atoms with Gasteiger partial charge in [-0.2, -0.15) is 5.10 Å². The van der Waals surface area contributed by atoms with E-state index >= 15 is 0 Å². The zero-order chi connectivity index (χ0) is 19.7. The lowest BCUT2D eigenvalue weighted by atomic mass is 9.98. The molecule has 0 aromatic heterocycles. The van der Waals surface area contributed by atoms with Gasteiger partial charge in [-0.05, 0) is 59.7 Å². The van der Waals surface area contributed by atoms with Gasteiger partial charge in [0.25, 0.3) is 5.91 Å². The number of nitrogens with zero attached hydrogens (tertiary/aromatic N) is 2. The molecule has 1 aliphatic heterocycles. The number of hydrogen-bond acceptors (Lipinski definition) is 2. The molecule has 0 fully saturated rings. The van der Waals surface area contributed by atoms with Gasteiger partial charge in [0.05, 0.1) is 11.8 Å². The quantitative estimate of drug-likeness (QED) is 0.339. The molecule has 0 bridgehead atoms. The third-order valence-electron chi connectivity index (χ3n) is 4.64. The number of carbonyl (C=O) groups is 1. The molecule has 3 aromatic carbocycles. The molecule has 4 rings (SSSR count). The molecule has 1 aliphatic rings. The summed E-state index contributed by atoms with van der Waals surface area (Å²) in [7, 11) is 0. The van der Waals surface area contributed by atoms with Crippen LogP contribution < -0.4 is 0 Å². The van der Waals surface area contributed by atoms with E-state index in [1.807, 2.05) is 72.8 Å². The molecule has 6 heteroatoms. The van der Waals surface area contributed by atoms with Crippen LogP contribution in [0.3, 0.4) is 0 Å². The zero-order valence-electron chi connectivity index (χ0n) is 14.6. The first kappa shape index (κ1) is 19.6. The van der Waals surface area contributed by atoms with Crippen LogP contribution >= 0.6 is 47.8 Å². The van der Waals surface area contributed by atoms with Crippen molar-refractivity contribution in [2.24, 2.45) is 5.10 Å². The summed E-state index contributed by atoms with van der Waals surface area (Å²) in [6.45, 7) is 0. The van der Waals surface area contributed by atoms with Crippen LogP contribution in [0.1, 0.15) is 33.9 Å². The Bertz CT molecular complexity index is 1030. The van der Waals surface area contributed by atoms with E-state index in [1.165, 1.54) is 0 Å². The van der Waals surface area contributed by atoms with Crippen molar-refractivity contribution in [2.45, 2.75) is 12.5 Å². The highest BCUT2D eigenvalue weighted by atomic mass is 79.9. The van der Waals surface area contributed by atoms with Gasteiger partial charge >= 0.3 is 0 Å². The Morgan fingerprint density at radius 3 is 1.86 bits per heavy atom. The molecule has 0 saturated heterocycles. The molecule has 1 heterocycles. The molecule has 0 radical (unpaired) electrons. The fraction of sp³-hybridized carbons (Fsp3) is 0.0909. The Morgan fingerprint density at radius 2 is 1.29 bits per heavy atom. The summed E-state index contributed by atoms with van der Waals surface area (Å²) in [5.41, 5.74) is 3.61. The van der Waals surface area contributed by atoms with Crippen molar-refractivity contribution in [1.82, 2.24) is 5.01 Å². The lowest BCUT2D eigenvalue weighted by molar-refractivity contribution is 0.0711. The Labute approximate surface area is 188 Å². The first-order chi connectivity index (χ1) is 13.5. The third kappa shape index (κ3) is 4.14. The van der Waals surface area contributed by atoms with Gasteiger partial charge in [-0.25, -0.2) is 5.01 Å². The molecule has 0 saturated carbocycles. The maximum Gasteiger partial charge on any atom is 0.274 e. The van der Waals surface area contributed by atoms with E-state index in [-0.39, 0.29) is 11.9 Å². The summed E-state index contributed by atoms with van der Waals surface area (Å²) in [6, 6.07) is 23.3. The second-order valence-electron chi connectivity index (χ2n) is 6.48. The van der Waals surface area contributed by atoms with E-state index in [4.69, 9.17) is 5.10 Å². The summed E-state index contributed by atoms with van der Waals surface area (Å²) >= 11 is 10.4. The third-order valence-corrected chi connectivity index (χ3v) is 6.23. The molecule has 1 amide bonds. The topological polar surface area (TPSA) is 32.7 Å². The Balaban J connectivity index is 1.72. The maximum atomic E-state index is 13.2. The van der Waals surface area contributed by atoms with E-state index in [9.17, 15) is 4.79 Å². The van der Waals surface area contributed by atoms with Gasteiger partial charge < -0.3 is 0 Å². The predicted molar refractivity (Wildman–Crippen MR) is 122 cm³/mol. The van der Waals surface area contributed by atoms with Gasteiger partial charge in [-0.3, -0.25) is 4.79 Å². The van der Waals surface area contributed by atoms with Gasteiger partial charge in [-0.15, -0.1) is 0 Å². The monoisotopic (exact) mass is 560 g/mol. The van der Waals surface area contributed by atoms with Gasteiger partial charge in [0.2, 0.25) is 0 Å². The Hall–Kier alpha value is -1.76. The van der Waals surface area contributed by atoms with Crippen molar-refractivity contribution < 1.29 is 4.79 Å². The van der Waals surface area contributed by atoms with Crippen LogP contribution in [0.5, 0.6) is 0 Å². The van der Waals surface area contributed by atoms with Crippen molar-refractivity contribution in [2.75, 3.05) is 0 Å². The van der Waals surface area contributed by atoms with E-state index in [2.05, 4.69) is 47.8 Å². The van der Waals surface area contributed by atoms with Crippen molar-refractivity contribution in [3.8, 4) is 0 Å². The average molecular weight is 563 g/mol. The molecule has 3 aromatic rings. The minimum absolute atomic E-state index is 0.104. The highest BCUT2D eigenvalue weighted by Crippen LogP contribution is 2.34. The molecule has 0 aliphatic carbocycles. The second-order valence-corrected chi connectivity index (χ2v) is 9.23. The number of rotatable bonds is 3. The van der Waals surface area contributed by atoms with Crippen LogP contribution in [0.15, 0.2) is 91.3 Å². The Morgan fingerprint density at radius 1 is 0.786 bits per heavy atom. The molecule has 140 valence electrons. The van der Waals surface area contributed by atoms with E-state index < -0.39 is 0 Å². The van der Waals surface area contributed by atoms with Crippen LogP contribution in [0.4, 0.5) is 0 Å². The normalized spacial score (nSPS) is 16.2. The summed E-state index contributed by atoms with van der Waals surface area (Å²) in [4.78, 5) is 13.2. The fourth-order valence-corrected chi connectivity index (χ4v) is 3.98. The number of amides is 1. The molecule has 3 nitrogen and oxygen atoms in total. The second kappa shape index (κ2) is 8.31. The number of halogens is 3. The van der Waals surface area contributed by atoms with Gasteiger partial charge in [0.1, 0.15) is 0 Å².